The predicted molar refractivity (Wildman–Crippen MR) is 57.9 cm³/mol. The molecule has 1 rings (SSSR count). The van der Waals surface area contributed by atoms with Gasteiger partial charge in [-0.15, -0.1) is 6.58 Å². The molecule has 1 aromatic rings. The van der Waals surface area contributed by atoms with Gasteiger partial charge in [0.25, 0.3) is 0 Å². The molecule has 0 aliphatic heterocycles. The number of carbonyl (C=O) groups is 1. The monoisotopic (exact) mass is 256 g/mol. The molecule has 3 heteroatoms. The second-order valence-corrected chi connectivity index (χ2v) is 3.73. The fraction of sp³-hybridized carbons (Fsp3) is 0.182. The summed E-state index contributed by atoms with van der Waals surface area (Å²) in [6.45, 7) is 3.52. The topological polar surface area (TPSA) is 17.1 Å². The van der Waals surface area contributed by atoms with Crippen LogP contribution in [0.1, 0.15) is 23.2 Å². The van der Waals surface area contributed by atoms with Crippen LogP contribution in [0.4, 0.5) is 4.39 Å². The summed E-state index contributed by atoms with van der Waals surface area (Å²) in [5.41, 5.74) is 0.410. The maximum atomic E-state index is 13.0. The maximum Gasteiger partial charge on any atom is 0.163 e. The van der Waals surface area contributed by atoms with Crippen molar-refractivity contribution in [3.8, 4) is 0 Å². The third kappa shape index (κ3) is 2.77. The quantitative estimate of drug-likeness (QED) is 0.593. The molecular weight excluding hydrogens is 247 g/mol. The van der Waals surface area contributed by atoms with Gasteiger partial charge in [-0.1, -0.05) is 12.1 Å². The third-order valence-electron chi connectivity index (χ3n) is 1.82. The van der Waals surface area contributed by atoms with Crippen LogP contribution in [-0.2, 0) is 0 Å². The normalized spacial score (nSPS) is 9.86. The fourth-order valence-electron chi connectivity index (χ4n) is 1.05. The molecule has 0 radical (unpaired) electrons. The number of allylic oxidation sites excluding steroid dienone is 1. The Morgan fingerprint density at radius 1 is 1.57 bits per heavy atom. The van der Waals surface area contributed by atoms with Crippen LogP contribution in [0.3, 0.4) is 0 Å². The van der Waals surface area contributed by atoms with Crippen LogP contribution in [-0.4, -0.2) is 5.78 Å². The van der Waals surface area contributed by atoms with Crippen molar-refractivity contribution >= 4 is 21.7 Å². The van der Waals surface area contributed by atoms with Gasteiger partial charge < -0.3 is 0 Å². The van der Waals surface area contributed by atoms with Crippen LogP contribution in [0, 0.1) is 5.82 Å². The first kappa shape index (κ1) is 11.1. The minimum atomic E-state index is -0.408. The van der Waals surface area contributed by atoms with E-state index in [-0.39, 0.29) is 5.78 Å². The summed E-state index contributed by atoms with van der Waals surface area (Å²) in [6.07, 6.45) is 2.67. The van der Waals surface area contributed by atoms with Crippen LogP contribution in [0.15, 0.2) is 35.3 Å². The van der Waals surface area contributed by atoms with Crippen LogP contribution < -0.4 is 0 Å². The van der Waals surface area contributed by atoms with E-state index in [2.05, 4.69) is 22.5 Å². The number of rotatable bonds is 4. The minimum absolute atomic E-state index is 0.0590. The third-order valence-corrected chi connectivity index (χ3v) is 2.46. The number of ketones is 1. The summed E-state index contributed by atoms with van der Waals surface area (Å²) in [6, 6.07) is 4.39. The summed E-state index contributed by atoms with van der Waals surface area (Å²) < 4.78 is 13.4. The van der Waals surface area contributed by atoms with E-state index in [1.165, 1.54) is 12.1 Å². The molecule has 0 bridgehead atoms. The predicted octanol–water partition coefficient (Wildman–Crippen LogP) is 3.74. The molecule has 0 saturated carbocycles. The average molecular weight is 257 g/mol. The van der Waals surface area contributed by atoms with Crippen LogP contribution >= 0.6 is 15.9 Å². The van der Waals surface area contributed by atoms with Gasteiger partial charge in [-0.2, -0.15) is 0 Å². The lowest BCUT2D eigenvalue weighted by Crippen LogP contribution is -1.98. The Hall–Kier alpha value is -0.960. The maximum absolute atomic E-state index is 13.0. The van der Waals surface area contributed by atoms with Gasteiger partial charge in [0.15, 0.2) is 5.78 Å². The van der Waals surface area contributed by atoms with E-state index in [9.17, 15) is 9.18 Å². The van der Waals surface area contributed by atoms with Crippen molar-refractivity contribution in [3.05, 3.63) is 46.7 Å². The molecule has 0 spiro atoms. The standard InChI is InChI=1S/C11H10BrFO/c1-2-3-4-11(14)8-5-6-9(12)10(13)7-8/h2,5-7H,1,3-4H2. The number of hydrogen-bond acceptors (Lipinski definition) is 1. The molecule has 1 aromatic carbocycles. The second kappa shape index (κ2) is 5.05. The van der Waals surface area contributed by atoms with Gasteiger partial charge in [0.05, 0.1) is 4.47 Å². The molecule has 0 unspecified atom stereocenters. The summed E-state index contributed by atoms with van der Waals surface area (Å²) in [5, 5.41) is 0. The molecule has 1 nitrogen and oxygen atoms in total. The van der Waals surface area contributed by atoms with Crippen molar-refractivity contribution in [2.24, 2.45) is 0 Å². The van der Waals surface area contributed by atoms with Gasteiger partial charge in [-0.05, 0) is 34.5 Å². The first-order valence-electron chi connectivity index (χ1n) is 4.24. The van der Waals surface area contributed by atoms with E-state index < -0.39 is 5.82 Å². The van der Waals surface area contributed by atoms with Gasteiger partial charge in [0, 0.05) is 12.0 Å². The summed E-state index contributed by atoms with van der Waals surface area (Å²) >= 11 is 3.03. The summed E-state index contributed by atoms with van der Waals surface area (Å²) in [4.78, 5) is 11.4. The number of Topliss-reactive ketones (excluding diaryl/α,β-unsaturated/α-hetero) is 1. The molecule has 0 N–H and O–H groups in total. The van der Waals surface area contributed by atoms with Crippen molar-refractivity contribution in [1.82, 2.24) is 0 Å². The summed E-state index contributed by atoms with van der Waals surface area (Å²) in [5.74, 6) is -0.467. The summed E-state index contributed by atoms with van der Waals surface area (Å²) in [7, 11) is 0. The highest BCUT2D eigenvalue weighted by Gasteiger charge is 2.07. The highest BCUT2D eigenvalue weighted by molar-refractivity contribution is 9.10. The van der Waals surface area contributed by atoms with E-state index in [4.69, 9.17) is 0 Å². The second-order valence-electron chi connectivity index (χ2n) is 2.88. The first-order chi connectivity index (χ1) is 6.65. The average Bonchev–Trinajstić information content (AvgIpc) is 2.18. The molecule has 0 aliphatic carbocycles. The highest BCUT2D eigenvalue weighted by atomic mass is 79.9. The Labute approximate surface area is 90.8 Å². The van der Waals surface area contributed by atoms with Gasteiger partial charge in [0.2, 0.25) is 0 Å². The van der Waals surface area contributed by atoms with Crippen LogP contribution in [0.2, 0.25) is 0 Å². The Bertz CT molecular complexity index is 360. The molecule has 0 saturated heterocycles. The van der Waals surface area contributed by atoms with E-state index in [1.807, 2.05) is 0 Å². The Kier molecular flexibility index (Phi) is 4.01. The Morgan fingerprint density at radius 3 is 2.86 bits per heavy atom. The largest absolute Gasteiger partial charge is 0.294 e. The molecule has 0 amide bonds. The molecule has 14 heavy (non-hydrogen) atoms. The van der Waals surface area contributed by atoms with E-state index in [0.29, 0.717) is 22.9 Å². The van der Waals surface area contributed by atoms with Crippen LogP contribution in [0.25, 0.3) is 0 Å². The van der Waals surface area contributed by atoms with Crippen molar-refractivity contribution in [2.75, 3.05) is 0 Å². The Balaban J connectivity index is 2.80. The number of carbonyl (C=O) groups excluding carboxylic acids is 1. The van der Waals surface area contributed by atoms with Gasteiger partial charge in [-0.25, -0.2) is 4.39 Å². The smallest absolute Gasteiger partial charge is 0.163 e. The molecule has 0 aliphatic rings. The Morgan fingerprint density at radius 2 is 2.29 bits per heavy atom. The van der Waals surface area contributed by atoms with Crippen molar-refractivity contribution in [1.29, 1.82) is 0 Å². The molecule has 0 fully saturated rings. The van der Waals surface area contributed by atoms with Gasteiger partial charge in [-0.3, -0.25) is 4.79 Å². The number of hydrogen-bond donors (Lipinski definition) is 0. The van der Waals surface area contributed by atoms with E-state index >= 15 is 0 Å². The first-order valence-corrected chi connectivity index (χ1v) is 5.03. The molecule has 0 aromatic heterocycles. The highest BCUT2D eigenvalue weighted by Crippen LogP contribution is 2.17. The zero-order chi connectivity index (χ0) is 10.6. The number of benzene rings is 1. The lowest BCUT2D eigenvalue weighted by Gasteiger charge is -2.00. The van der Waals surface area contributed by atoms with Crippen molar-refractivity contribution < 1.29 is 9.18 Å². The minimum Gasteiger partial charge on any atom is -0.294 e. The number of halogens is 2. The molecule has 0 heterocycles. The van der Waals surface area contributed by atoms with Gasteiger partial charge >= 0.3 is 0 Å². The van der Waals surface area contributed by atoms with Crippen molar-refractivity contribution in [2.45, 2.75) is 12.8 Å². The van der Waals surface area contributed by atoms with Crippen LogP contribution in [0.5, 0.6) is 0 Å². The zero-order valence-electron chi connectivity index (χ0n) is 7.59. The zero-order valence-corrected chi connectivity index (χ0v) is 9.18. The lowest BCUT2D eigenvalue weighted by molar-refractivity contribution is 0.0983. The SMILES string of the molecule is C=CCCC(=O)c1ccc(Br)c(F)c1. The fourth-order valence-corrected chi connectivity index (χ4v) is 1.29. The molecular formula is C11H10BrFO. The van der Waals surface area contributed by atoms with Crippen molar-refractivity contribution in [3.63, 3.8) is 0 Å². The molecule has 0 atom stereocenters. The lowest BCUT2D eigenvalue weighted by atomic mass is 10.1. The van der Waals surface area contributed by atoms with E-state index in [1.54, 1.807) is 12.1 Å². The molecule has 74 valence electrons. The van der Waals surface area contributed by atoms with Gasteiger partial charge in [0.1, 0.15) is 5.82 Å². The van der Waals surface area contributed by atoms with E-state index in [0.717, 1.165) is 0 Å².